The molecule has 6 fully saturated rings. The van der Waals surface area contributed by atoms with Crippen LogP contribution in [0.4, 0.5) is 0 Å². The van der Waals surface area contributed by atoms with Gasteiger partial charge in [-0.15, -0.1) is 0 Å². The summed E-state index contributed by atoms with van der Waals surface area (Å²) in [6, 6.07) is -2.45. The average molecular weight is 1410 g/mol. The molecule has 19 N–H and O–H groups in total. The lowest BCUT2D eigenvalue weighted by molar-refractivity contribution is -0.368. The van der Waals surface area contributed by atoms with Gasteiger partial charge in [-0.25, -0.2) is 0 Å². The minimum atomic E-state index is -2.07. The number of ether oxygens (including phenoxy) is 12. The number of aliphatic hydroxyl groups is 14. The lowest BCUT2D eigenvalue weighted by atomic mass is 9.93. The van der Waals surface area contributed by atoms with E-state index in [1.54, 1.807) is 12.1 Å². The lowest BCUT2D eigenvalue weighted by Gasteiger charge is -2.51. The summed E-state index contributed by atoms with van der Waals surface area (Å²) in [5.41, 5.74) is 0.0594. The van der Waals surface area contributed by atoms with Gasteiger partial charge in [0.05, 0.1) is 45.7 Å². The van der Waals surface area contributed by atoms with Crippen LogP contribution in [0.5, 0.6) is 5.75 Å². The molecule has 0 spiro atoms. The second-order valence-corrected chi connectivity index (χ2v) is 25.4. The van der Waals surface area contributed by atoms with Crippen LogP contribution in [0.1, 0.15) is 110 Å². The standard InChI is InChI=1S/C62H101N5O31/c1-7-8-9-10-11-12-13-14-15-19-87-32-18-16-17-31(20-32)56(85)67-39-45(78)44(77)33(21-68)91-58(39)95-52-34(22-69)92-59(40(47(52)80)64-28(4)73)96-53-35(23-70)93-60(41(48(53)81)65-29(5)74)97-54-36(24-71)94-61(42(49(54)82)66-30(6)75)98-55-37(90-57(86)38(46(55)79)63-27(3)72)25-88-62-51(84)50(83)43(76)26(2)89-62/h16-18,20,26,33-55,57-62,68-71,76-84,86H,7-15,19,21-25H2,1-6H3,(H,63,72)(H,64,73)(H,65,74)(H,66,75)(H,67,85)/t26?,33?,34-,35?,36-,37?,38-,39-,40?,41-,42?,43?,44+,45+,46+,47?,48+,49?,50-,51+,52+,53?,54+,55?,57?,58?,59?,60-,61?,62+/m0/s1. The molecular formula is C62H101N5O31. The number of carbonyl (C=O) groups excluding carboxylic acids is 5. The summed E-state index contributed by atoms with van der Waals surface area (Å²) in [5.74, 6) is -3.68. The van der Waals surface area contributed by atoms with Crippen molar-refractivity contribution >= 4 is 29.5 Å². The third kappa shape index (κ3) is 20.6. The fraction of sp³-hybridized carbons (Fsp3) is 0.823. The number of rotatable bonds is 32. The number of aliphatic hydroxyl groups excluding tert-OH is 14. The number of carbonyl (C=O) groups is 5. The van der Waals surface area contributed by atoms with Gasteiger partial charge in [-0.2, -0.15) is 0 Å². The molecule has 0 radical (unpaired) electrons. The Hall–Kier alpha value is -4.63. The van der Waals surface area contributed by atoms with Crippen LogP contribution in [0.3, 0.4) is 0 Å². The highest BCUT2D eigenvalue weighted by Gasteiger charge is 2.58. The van der Waals surface area contributed by atoms with E-state index in [1.807, 2.05) is 0 Å². The molecule has 36 heteroatoms. The first-order valence-electron chi connectivity index (χ1n) is 33.2. The van der Waals surface area contributed by atoms with Crippen molar-refractivity contribution in [1.82, 2.24) is 26.6 Å². The number of nitrogens with one attached hydrogen (secondary N) is 5. The summed E-state index contributed by atoms with van der Waals surface area (Å²) < 4.78 is 72.0. The van der Waals surface area contributed by atoms with Gasteiger partial charge in [-0.3, -0.25) is 24.0 Å². The number of hydrogen-bond donors (Lipinski definition) is 19. The average Bonchev–Trinajstić information content (AvgIpc) is 0.772. The van der Waals surface area contributed by atoms with Gasteiger partial charge in [0.25, 0.3) is 5.91 Å². The van der Waals surface area contributed by atoms with Gasteiger partial charge in [-0.05, 0) is 31.5 Å². The Morgan fingerprint density at radius 1 is 0.418 bits per heavy atom. The van der Waals surface area contributed by atoms with Crippen LogP contribution in [0.25, 0.3) is 0 Å². The van der Waals surface area contributed by atoms with E-state index >= 15 is 0 Å². The van der Waals surface area contributed by atoms with Crippen molar-refractivity contribution in [3.8, 4) is 5.75 Å². The molecule has 6 heterocycles. The molecule has 0 aliphatic carbocycles. The van der Waals surface area contributed by atoms with Crippen molar-refractivity contribution in [1.29, 1.82) is 0 Å². The minimum absolute atomic E-state index is 0.0594. The summed E-state index contributed by atoms with van der Waals surface area (Å²) in [7, 11) is 0. The highest BCUT2D eigenvalue weighted by Crippen LogP contribution is 2.37. The number of unbranched alkanes of at least 4 members (excludes halogenated alkanes) is 8. The molecule has 5 amide bonds. The van der Waals surface area contributed by atoms with Crippen LogP contribution < -0.4 is 31.3 Å². The quantitative estimate of drug-likeness (QED) is 0.0298. The molecule has 1 aromatic rings. The molecule has 6 saturated heterocycles. The Bertz CT molecular complexity index is 2660. The van der Waals surface area contributed by atoms with E-state index in [-0.39, 0.29) is 5.56 Å². The van der Waals surface area contributed by atoms with E-state index in [4.69, 9.17) is 56.8 Å². The fourth-order valence-corrected chi connectivity index (χ4v) is 12.7. The minimum Gasteiger partial charge on any atom is -0.494 e. The second kappa shape index (κ2) is 38.0. The Morgan fingerprint density at radius 2 is 0.816 bits per heavy atom. The van der Waals surface area contributed by atoms with Crippen LogP contribution in [0.15, 0.2) is 24.3 Å². The van der Waals surface area contributed by atoms with Gasteiger partial charge in [0.1, 0.15) is 146 Å². The van der Waals surface area contributed by atoms with Crippen LogP contribution in [-0.2, 0) is 71.3 Å². The van der Waals surface area contributed by atoms with E-state index < -0.39 is 246 Å². The smallest absolute Gasteiger partial charge is 0.251 e. The summed E-state index contributed by atoms with van der Waals surface area (Å²) in [6.07, 6.45) is -34.9. The maximum Gasteiger partial charge on any atom is 0.251 e. The molecule has 6 aliphatic heterocycles. The van der Waals surface area contributed by atoms with Crippen LogP contribution in [-0.4, -0.2) is 325 Å². The summed E-state index contributed by atoms with van der Waals surface area (Å²) >= 11 is 0. The Labute approximate surface area is 565 Å². The van der Waals surface area contributed by atoms with Gasteiger partial charge in [0.15, 0.2) is 37.7 Å². The van der Waals surface area contributed by atoms with Gasteiger partial charge in [-0.1, -0.05) is 64.4 Å². The topological polar surface area (TPSA) is 539 Å². The first-order chi connectivity index (χ1) is 46.7. The first-order valence-corrected chi connectivity index (χ1v) is 33.2. The highest BCUT2D eigenvalue weighted by atomic mass is 16.8. The summed E-state index contributed by atoms with van der Waals surface area (Å²) in [5, 5.41) is 168. The monoisotopic (exact) mass is 1410 g/mol. The van der Waals surface area contributed by atoms with Gasteiger partial charge in [0, 0.05) is 33.3 Å². The molecule has 15 unspecified atom stereocenters. The second-order valence-electron chi connectivity index (χ2n) is 25.4. The Balaban J connectivity index is 1.07. The van der Waals surface area contributed by atoms with Crippen molar-refractivity contribution in [2.24, 2.45) is 0 Å². The van der Waals surface area contributed by atoms with Crippen molar-refractivity contribution in [3.05, 3.63) is 29.8 Å². The van der Waals surface area contributed by atoms with Crippen LogP contribution in [0, 0.1) is 0 Å². The zero-order valence-corrected chi connectivity index (χ0v) is 55.4. The molecule has 6 aliphatic rings. The molecule has 30 atom stereocenters. The maximum absolute atomic E-state index is 14.0. The molecule has 0 saturated carbocycles. The van der Waals surface area contributed by atoms with Crippen LogP contribution in [0.2, 0.25) is 0 Å². The SMILES string of the molecule is CCCCCCCCCCCOc1cccc(C(=O)N[C@@H]2C(O[C@H]3C(O)C(NC(C)=O)C(OC4C(CO)O[C@@H](O[C@H]5C(O)C(NC(C)=O)C(OC6C(CO[C@@H]7OC(C)C(O)[C@H](O)[C@H]7O)OC(O)[C@@H](NC(C)=O)[C@H]6O)O[C@H]5CO)[C@@H](NC(C)=O)[C@H]4O)O[C@H]3CO)OC(CO)[C@@H](O)[C@@H]2O)c1. The zero-order valence-electron chi connectivity index (χ0n) is 55.4. The third-order valence-electron chi connectivity index (χ3n) is 17.9. The molecule has 7 rings (SSSR count). The summed E-state index contributed by atoms with van der Waals surface area (Å²) in [4.78, 5) is 65.0. The maximum atomic E-state index is 14.0. The molecular weight excluding hydrogens is 1310 g/mol. The van der Waals surface area contributed by atoms with Crippen molar-refractivity contribution in [2.75, 3.05) is 39.6 Å². The predicted octanol–water partition coefficient (Wildman–Crippen LogP) is -7.15. The van der Waals surface area contributed by atoms with E-state index in [9.17, 15) is 95.5 Å². The lowest BCUT2D eigenvalue weighted by Crippen LogP contribution is -2.72. The number of benzene rings is 1. The normalized spacial score (nSPS) is 39.8. The van der Waals surface area contributed by atoms with Gasteiger partial charge >= 0.3 is 0 Å². The van der Waals surface area contributed by atoms with Crippen LogP contribution >= 0.6 is 0 Å². The predicted molar refractivity (Wildman–Crippen MR) is 329 cm³/mol. The van der Waals surface area contributed by atoms with Crippen molar-refractivity contribution < 1.29 is 152 Å². The summed E-state index contributed by atoms with van der Waals surface area (Å²) in [6.45, 7) is 3.38. The number of hydrogen-bond acceptors (Lipinski definition) is 31. The first kappa shape index (κ1) is 80.7. The Morgan fingerprint density at radius 3 is 1.26 bits per heavy atom. The number of amides is 5. The zero-order chi connectivity index (χ0) is 71.8. The molecule has 560 valence electrons. The molecule has 0 bridgehead atoms. The van der Waals surface area contributed by atoms with E-state index in [2.05, 4.69) is 33.5 Å². The van der Waals surface area contributed by atoms with Crippen molar-refractivity contribution in [3.63, 3.8) is 0 Å². The third-order valence-corrected chi connectivity index (χ3v) is 17.9. The molecule has 36 nitrogen and oxygen atoms in total. The highest BCUT2D eigenvalue weighted by molar-refractivity contribution is 5.94. The van der Waals surface area contributed by atoms with Gasteiger partial charge in [0.2, 0.25) is 23.6 Å². The van der Waals surface area contributed by atoms with E-state index in [1.165, 1.54) is 51.2 Å². The fourth-order valence-electron chi connectivity index (χ4n) is 12.7. The van der Waals surface area contributed by atoms with E-state index in [0.717, 1.165) is 53.4 Å². The van der Waals surface area contributed by atoms with Crippen molar-refractivity contribution in [2.45, 2.75) is 283 Å². The Kier molecular flexibility index (Phi) is 31.3. The largest absolute Gasteiger partial charge is 0.494 e. The van der Waals surface area contributed by atoms with E-state index in [0.29, 0.717) is 12.4 Å². The van der Waals surface area contributed by atoms with Gasteiger partial charge < -0.3 is 155 Å². The molecule has 98 heavy (non-hydrogen) atoms. The molecule has 1 aromatic carbocycles. The molecule has 0 aromatic heterocycles.